The summed E-state index contributed by atoms with van der Waals surface area (Å²) in [6, 6.07) is 66.1. The van der Waals surface area contributed by atoms with Crippen molar-refractivity contribution < 1.29 is 8.83 Å². The van der Waals surface area contributed by atoms with Crippen LogP contribution in [0, 0.1) is 0 Å². The lowest BCUT2D eigenvalue weighted by atomic mass is 9.96. The second-order valence-corrected chi connectivity index (χ2v) is 15.9. The average molecular weight is 808 g/mol. The summed E-state index contributed by atoms with van der Waals surface area (Å²) in [7, 11) is 0. The molecule has 0 saturated heterocycles. The molecule has 0 spiro atoms. The first-order chi connectivity index (χ1) is 31.2. The number of hydrogen-bond donors (Lipinski definition) is 0. The van der Waals surface area contributed by atoms with Crippen LogP contribution >= 0.6 is 0 Å². The summed E-state index contributed by atoms with van der Waals surface area (Å²) in [6.45, 7) is 0. The Morgan fingerprint density at radius 2 is 0.762 bits per heavy atom. The zero-order valence-corrected chi connectivity index (χ0v) is 33.6. The zero-order valence-electron chi connectivity index (χ0n) is 33.6. The van der Waals surface area contributed by atoms with Gasteiger partial charge in [-0.3, -0.25) is 0 Å². The Bertz CT molecular complexity index is 3770. The lowest BCUT2D eigenvalue weighted by Gasteiger charge is -2.26. The Balaban J connectivity index is 0.911. The smallest absolute Gasteiger partial charge is 0.180 e. The van der Waals surface area contributed by atoms with E-state index in [1.165, 1.54) is 38.1 Å². The summed E-state index contributed by atoms with van der Waals surface area (Å²) in [6.07, 6.45) is 3.22. The molecule has 0 aliphatic carbocycles. The van der Waals surface area contributed by atoms with Gasteiger partial charge in [0.15, 0.2) is 11.2 Å². The highest BCUT2D eigenvalue weighted by Gasteiger charge is 2.19. The standard InChI is InChI=1S/C56H33N5O2/c1-2-8-37-29-38(14-13-34(37)7-1)39-21-27-45-40(30-39)15-16-41-31-44(26-28-46(41)45)61(42-22-17-35(18-23-42)51-55-53(59-32-57-51)47-9-3-5-11-49(47)62-55)43-24-19-36(20-25-43)52-56-54(60-33-58-52)48-10-4-6-12-50(48)63-56/h1-33H. The van der Waals surface area contributed by atoms with Crippen molar-refractivity contribution in [2.75, 3.05) is 4.90 Å². The molecule has 7 nitrogen and oxygen atoms in total. The van der Waals surface area contributed by atoms with E-state index >= 15 is 0 Å². The summed E-state index contributed by atoms with van der Waals surface area (Å²) < 4.78 is 12.6. The van der Waals surface area contributed by atoms with E-state index in [4.69, 9.17) is 18.8 Å². The summed E-state index contributed by atoms with van der Waals surface area (Å²) in [5.41, 5.74) is 13.3. The molecule has 13 aromatic rings. The summed E-state index contributed by atoms with van der Waals surface area (Å²) >= 11 is 0. The van der Waals surface area contributed by atoms with Crippen LogP contribution in [-0.2, 0) is 0 Å². The van der Waals surface area contributed by atoms with Gasteiger partial charge in [-0.15, -0.1) is 0 Å². The van der Waals surface area contributed by atoms with Gasteiger partial charge in [-0.25, -0.2) is 19.9 Å². The highest BCUT2D eigenvalue weighted by Crippen LogP contribution is 2.41. The van der Waals surface area contributed by atoms with Crippen molar-refractivity contribution in [3.63, 3.8) is 0 Å². The first-order valence-electron chi connectivity index (χ1n) is 20.9. The van der Waals surface area contributed by atoms with Gasteiger partial charge in [0.05, 0.1) is 0 Å². The van der Waals surface area contributed by atoms with E-state index in [1.807, 2.05) is 48.5 Å². The fraction of sp³-hybridized carbons (Fsp3) is 0. The van der Waals surface area contributed by atoms with Gasteiger partial charge in [-0.1, -0.05) is 115 Å². The number of rotatable bonds is 6. The van der Waals surface area contributed by atoms with Crippen LogP contribution in [0.4, 0.5) is 17.1 Å². The van der Waals surface area contributed by atoms with E-state index < -0.39 is 0 Å². The van der Waals surface area contributed by atoms with Crippen LogP contribution in [0.3, 0.4) is 0 Å². The number of nitrogens with zero attached hydrogens (tertiary/aromatic N) is 5. The minimum atomic E-state index is 0.674. The van der Waals surface area contributed by atoms with Crippen molar-refractivity contribution >= 4 is 93.5 Å². The molecule has 0 atom stereocenters. The molecule has 0 N–H and O–H groups in total. The Morgan fingerprint density at radius 3 is 1.37 bits per heavy atom. The first-order valence-corrected chi connectivity index (χ1v) is 20.9. The first kappa shape index (κ1) is 35.1. The molecule has 63 heavy (non-hydrogen) atoms. The van der Waals surface area contributed by atoms with Crippen LogP contribution in [0.25, 0.3) is 110 Å². The number of benzene rings is 9. The summed E-state index contributed by atoms with van der Waals surface area (Å²) in [5, 5.41) is 9.20. The maximum Gasteiger partial charge on any atom is 0.180 e. The number of fused-ring (bicyclic) bond motifs is 10. The molecule has 0 radical (unpaired) electrons. The minimum absolute atomic E-state index is 0.674. The lowest BCUT2D eigenvalue weighted by molar-refractivity contribution is 0.667. The fourth-order valence-electron chi connectivity index (χ4n) is 9.19. The predicted octanol–water partition coefficient (Wildman–Crippen LogP) is 15.0. The maximum atomic E-state index is 6.31. The van der Waals surface area contributed by atoms with Crippen molar-refractivity contribution in [3.8, 4) is 33.6 Å². The maximum absolute atomic E-state index is 6.31. The third kappa shape index (κ3) is 5.75. The van der Waals surface area contributed by atoms with Gasteiger partial charge >= 0.3 is 0 Å². The summed E-state index contributed by atoms with van der Waals surface area (Å²) in [4.78, 5) is 20.8. The van der Waals surface area contributed by atoms with Crippen molar-refractivity contribution in [2.45, 2.75) is 0 Å². The van der Waals surface area contributed by atoms with Gasteiger partial charge < -0.3 is 13.7 Å². The number of hydrogen-bond acceptors (Lipinski definition) is 7. The normalized spacial score (nSPS) is 11.8. The minimum Gasteiger partial charge on any atom is -0.452 e. The SMILES string of the molecule is c1ccc2cc(-c3ccc4c(ccc5cc(N(c6ccc(-c7ncnc8c7oc7ccccc78)cc6)c6ccc(-c7ncnc8c7oc7ccccc78)cc6)ccc54)c3)ccc2c1. The lowest BCUT2D eigenvalue weighted by Crippen LogP contribution is -2.10. The Kier molecular flexibility index (Phi) is 7.77. The van der Waals surface area contributed by atoms with Crippen LogP contribution in [0.5, 0.6) is 0 Å². The van der Waals surface area contributed by atoms with Gasteiger partial charge in [0.1, 0.15) is 46.2 Å². The molecular weight excluding hydrogens is 775 g/mol. The van der Waals surface area contributed by atoms with Gasteiger partial charge in [0, 0.05) is 39.0 Å². The molecule has 0 aliphatic rings. The highest BCUT2D eigenvalue weighted by atomic mass is 16.3. The van der Waals surface area contributed by atoms with Crippen molar-refractivity contribution in [1.29, 1.82) is 0 Å². The van der Waals surface area contributed by atoms with E-state index in [9.17, 15) is 0 Å². The van der Waals surface area contributed by atoms with Crippen LogP contribution in [0.2, 0.25) is 0 Å². The third-order valence-electron chi connectivity index (χ3n) is 12.3. The number of aromatic nitrogens is 4. The average Bonchev–Trinajstić information content (AvgIpc) is 3.93. The fourth-order valence-corrected chi connectivity index (χ4v) is 9.19. The van der Waals surface area contributed by atoms with Gasteiger partial charge in [-0.2, -0.15) is 0 Å². The number of furan rings is 2. The molecule has 7 heteroatoms. The molecule has 294 valence electrons. The molecule has 0 unspecified atom stereocenters. The Labute approximate surface area is 360 Å². The molecular formula is C56H33N5O2. The van der Waals surface area contributed by atoms with Gasteiger partial charge in [0.2, 0.25) is 0 Å². The predicted molar refractivity (Wildman–Crippen MR) is 256 cm³/mol. The van der Waals surface area contributed by atoms with E-state index in [-0.39, 0.29) is 0 Å². The van der Waals surface area contributed by atoms with Crippen LogP contribution in [0.1, 0.15) is 0 Å². The van der Waals surface area contributed by atoms with Gasteiger partial charge in [0.25, 0.3) is 0 Å². The second-order valence-electron chi connectivity index (χ2n) is 15.9. The molecule has 0 fully saturated rings. The van der Waals surface area contributed by atoms with E-state index in [1.54, 1.807) is 12.7 Å². The number of anilines is 3. The molecule has 0 bridgehead atoms. The third-order valence-corrected chi connectivity index (χ3v) is 12.3. The molecule has 0 saturated carbocycles. The van der Waals surface area contributed by atoms with E-state index in [0.29, 0.717) is 11.2 Å². The van der Waals surface area contributed by atoms with Crippen molar-refractivity contribution in [3.05, 3.63) is 201 Å². The second kappa shape index (κ2) is 13.9. The topological polar surface area (TPSA) is 81.1 Å². The summed E-state index contributed by atoms with van der Waals surface area (Å²) in [5.74, 6) is 0. The van der Waals surface area contributed by atoms with E-state index in [2.05, 4.69) is 154 Å². The van der Waals surface area contributed by atoms with Gasteiger partial charge in [-0.05, 0) is 116 Å². The molecule has 0 aliphatic heterocycles. The molecule has 0 amide bonds. The number of para-hydroxylation sites is 2. The highest BCUT2D eigenvalue weighted by molar-refractivity contribution is 6.10. The largest absolute Gasteiger partial charge is 0.452 e. The zero-order chi connectivity index (χ0) is 41.4. The van der Waals surface area contributed by atoms with Crippen LogP contribution < -0.4 is 4.90 Å². The Morgan fingerprint density at radius 1 is 0.317 bits per heavy atom. The Hall–Kier alpha value is -8.68. The molecule has 4 aromatic heterocycles. The molecule has 9 aromatic carbocycles. The van der Waals surface area contributed by atoms with Crippen LogP contribution in [0.15, 0.2) is 210 Å². The van der Waals surface area contributed by atoms with Crippen molar-refractivity contribution in [2.24, 2.45) is 0 Å². The van der Waals surface area contributed by atoms with E-state index in [0.717, 1.165) is 77.9 Å². The molecule has 4 heterocycles. The quantitative estimate of drug-likeness (QED) is 0.155. The van der Waals surface area contributed by atoms with Crippen molar-refractivity contribution in [1.82, 2.24) is 19.9 Å². The molecule has 13 rings (SSSR count). The van der Waals surface area contributed by atoms with Crippen LogP contribution in [-0.4, -0.2) is 19.9 Å². The monoisotopic (exact) mass is 807 g/mol.